The van der Waals surface area contributed by atoms with Crippen molar-refractivity contribution in [1.29, 1.82) is 0 Å². The number of aromatic nitrogens is 1. The standard InChI is InChI=1S/C24H30N2/c1-16-7-6-8-20(12-16)9-10-26-22-14-19(4)25(5)15-21(22)24-18(3)11-17(2)13-23(24)26/h6-8,11-13,19H,9-10,14-15H2,1-5H3. The van der Waals surface area contributed by atoms with Gasteiger partial charge in [0.25, 0.3) is 0 Å². The summed E-state index contributed by atoms with van der Waals surface area (Å²) < 4.78 is 2.62. The minimum atomic E-state index is 0.603. The third-order valence-electron chi connectivity index (χ3n) is 6.08. The van der Waals surface area contributed by atoms with Crippen LogP contribution in [0.4, 0.5) is 0 Å². The quantitative estimate of drug-likeness (QED) is 0.634. The van der Waals surface area contributed by atoms with E-state index in [-0.39, 0.29) is 0 Å². The third-order valence-corrected chi connectivity index (χ3v) is 6.08. The summed E-state index contributed by atoms with van der Waals surface area (Å²) in [6, 6.07) is 14.3. The normalized spacial score (nSPS) is 17.7. The van der Waals surface area contributed by atoms with Gasteiger partial charge in [0.15, 0.2) is 0 Å². The number of fused-ring (bicyclic) bond motifs is 3. The van der Waals surface area contributed by atoms with Gasteiger partial charge in [-0.3, -0.25) is 4.90 Å². The van der Waals surface area contributed by atoms with E-state index >= 15 is 0 Å². The molecule has 2 heterocycles. The van der Waals surface area contributed by atoms with E-state index in [1.165, 1.54) is 33.2 Å². The van der Waals surface area contributed by atoms with E-state index in [0.717, 1.165) is 25.9 Å². The maximum absolute atomic E-state index is 2.62. The van der Waals surface area contributed by atoms with Crippen LogP contribution in [0.5, 0.6) is 0 Å². The number of rotatable bonds is 3. The maximum Gasteiger partial charge on any atom is 0.0491 e. The van der Waals surface area contributed by atoms with Crippen molar-refractivity contribution >= 4 is 10.9 Å². The first-order valence-electron chi connectivity index (χ1n) is 9.81. The van der Waals surface area contributed by atoms with Crippen LogP contribution in [-0.4, -0.2) is 22.6 Å². The summed E-state index contributed by atoms with van der Waals surface area (Å²) in [5.41, 5.74) is 10.1. The Morgan fingerprint density at radius 3 is 2.62 bits per heavy atom. The second-order valence-electron chi connectivity index (χ2n) is 8.26. The van der Waals surface area contributed by atoms with E-state index in [1.807, 2.05) is 0 Å². The van der Waals surface area contributed by atoms with Gasteiger partial charge in [0.1, 0.15) is 0 Å². The Morgan fingerprint density at radius 1 is 1.04 bits per heavy atom. The fourth-order valence-corrected chi connectivity index (χ4v) is 4.61. The van der Waals surface area contributed by atoms with E-state index < -0.39 is 0 Å². The van der Waals surface area contributed by atoms with Crippen molar-refractivity contribution in [3.8, 4) is 0 Å². The van der Waals surface area contributed by atoms with Crippen LogP contribution in [0, 0.1) is 20.8 Å². The van der Waals surface area contributed by atoms with Crippen LogP contribution in [0.15, 0.2) is 36.4 Å². The highest BCUT2D eigenvalue weighted by molar-refractivity contribution is 5.89. The second-order valence-corrected chi connectivity index (χ2v) is 8.26. The lowest BCUT2D eigenvalue weighted by Crippen LogP contribution is -2.35. The molecule has 0 bridgehead atoms. The van der Waals surface area contributed by atoms with Crippen LogP contribution in [0.25, 0.3) is 10.9 Å². The number of benzene rings is 2. The molecule has 26 heavy (non-hydrogen) atoms. The minimum Gasteiger partial charge on any atom is -0.344 e. The minimum absolute atomic E-state index is 0.603. The van der Waals surface area contributed by atoms with Crippen molar-refractivity contribution in [3.63, 3.8) is 0 Å². The fraction of sp³-hybridized carbons (Fsp3) is 0.417. The van der Waals surface area contributed by atoms with Crippen LogP contribution >= 0.6 is 0 Å². The van der Waals surface area contributed by atoms with E-state index in [0.29, 0.717) is 6.04 Å². The van der Waals surface area contributed by atoms with Crippen molar-refractivity contribution in [2.75, 3.05) is 7.05 Å². The molecule has 0 N–H and O–H groups in total. The lowest BCUT2D eigenvalue weighted by atomic mass is 9.97. The Bertz CT molecular complexity index is 964. The molecular formula is C24H30N2. The van der Waals surface area contributed by atoms with Gasteiger partial charge >= 0.3 is 0 Å². The molecule has 4 rings (SSSR count). The van der Waals surface area contributed by atoms with Gasteiger partial charge in [0, 0.05) is 42.1 Å². The van der Waals surface area contributed by atoms with Gasteiger partial charge in [0.05, 0.1) is 0 Å². The molecule has 0 spiro atoms. The molecule has 0 saturated carbocycles. The van der Waals surface area contributed by atoms with Gasteiger partial charge in [-0.15, -0.1) is 0 Å². The van der Waals surface area contributed by atoms with Gasteiger partial charge in [-0.25, -0.2) is 0 Å². The first kappa shape index (κ1) is 17.4. The summed E-state index contributed by atoms with van der Waals surface area (Å²) in [5.74, 6) is 0. The van der Waals surface area contributed by atoms with E-state index in [9.17, 15) is 0 Å². The molecule has 0 saturated heterocycles. The number of likely N-dealkylation sites (N-methyl/N-ethyl adjacent to an activating group) is 1. The summed E-state index contributed by atoms with van der Waals surface area (Å²) in [6.45, 7) is 11.2. The molecule has 2 nitrogen and oxygen atoms in total. The molecule has 1 aliphatic heterocycles. The van der Waals surface area contributed by atoms with Crippen LogP contribution in [-0.2, 0) is 25.9 Å². The molecular weight excluding hydrogens is 316 g/mol. The average molecular weight is 347 g/mol. The Kier molecular flexibility index (Phi) is 4.40. The van der Waals surface area contributed by atoms with E-state index in [2.05, 4.69) is 80.6 Å². The number of aryl methyl sites for hydroxylation is 5. The highest BCUT2D eigenvalue weighted by Gasteiger charge is 2.27. The van der Waals surface area contributed by atoms with Gasteiger partial charge in [-0.2, -0.15) is 0 Å². The predicted octanol–water partition coefficient (Wildman–Crippen LogP) is 5.19. The SMILES string of the molecule is Cc1cccc(CCn2c3c(c4c(C)cc(C)cc42)CN(C)C(C)C3)c1. The van der Waals surface area contributed by atoms with Gasteiger partial charge in [-0.05, 0) is 69.5 Å². The fourth-order valence-electron chi connectivity index (χ4n) is 4.61. The summed E-state index contributed by atoms with van der Waals surface area (Å²) in [6.07, 6.45) is 2.24. The monoisotopic (exact) mass is 346 g/mol. The van der Waals surface area contributed by atoms with Gasteiger partial charge in [-0.1, -0.05) is 35.9 Å². The molecule has 0 fully saturated rings. The van der Waals surface area contributed by atoms with Crippen LogP contribution < -0.4 is 0 Å². The van der Waals surface area contributed by atoms with Crippen LogP contribution in [0.1, 0.15) is 40.4 Å². The van der Waals surface area contributed by atoms with Crippen LogP contribution in [0.2, 0.25) is 0 Å². The Labute approximate surface area is 157 Å². The van der Waals surface area contributed by atoms with Crippen molar-refractivity contribution in [1.82, 2.24) is 9.47 Å². The lowest BCUT2D eigenvalue weighted by Gasteiger charge is -2.31. The van der Waals surface area contributed by atoms with E-state index in [1.54, 1.807) is 11.3 Å². The van der Waals surface area contributed by atoms with Gasteiger partial charge in [0.2, 0.25) is 0 Å². The van der Waals surface area contributed by atoms with Crippen molar-refractivity contribution in [2.24, 2.45) is 0 Å². The first-order valence-corrected chi connectivity index (χ1v) is 9.81. The van der Waals surface area contributed by atoms with E-state index in [4.69, 9.17) is 0 Å². The summed E-state index contributed by atoms with van der Waals surface area (Å²) in [5, 5.41) is 1.49. The molecule has 1 aliphatic rings. The molecule has 136 valence electrons. The molecule has 1 atom stereocenters. The maximum atomic E-state index is 2.62. The average Bonchev–Trinajstić information content (AvgIpc) is 2.86. The first-order chi connectivity index (χ1) is 12.4. The van der Waals surface area contributed by atoms with Crippen molar-refractivity contribution < 1.29 is 0 Å². The zero-order chi connectivity index (χ0) is 18.4. The topological polar surface area (TPSA) is 8.17 Å². The smallest absolute Gasteiger partial charge is 0.0491 e. The lowest BCUT2D eigenvalue weighted by molar-refractivity contribution is 0.228. The van der Waals surface area contributed by atoms with Crippen molar-refractivity contribution in [3.05, 3.63) is 69.9 Å². The Morgan fingerprint density at radius 2 is 1.85 bits per heavy atom. The zero-order valence-corrected chi connectivity index (χ0v) is 16.8. The highest BCUT2D eigenvalue weighted by atomic mass is 15.1. The number of nitrogens with zero attached hydrogens (tertiary/aromatic N) is 2. The molecule has 1 aromatic heterocycles. The Balaban J connectivity index is 1.81. The summed E-state index contributed by atoms with van der Waals surface area (Å²) in [7, 11) is 2.26. The molecule has 0 amide bonds. The molecule has 1 unspecified atom stereocenters. The Hall–Kier alpha value is -2.06. The van der Waals surface area contributed by atoms with Crippen molar-refractivity contribution in [2.45, 2.75) is 59.7 Å². The molecule has 3 aromatic rings. The highest BCUT2D eigenvalue weighted by Crippen LogP contribution is 2.35. The summed E-state index contributed by atoms with van der Waals surface area (Å²) in [4.78, 5) is 2.49. The number of hydrogen-bond donors (Lipinski definition) is 0. The van der Waals surface area contributed by atoms with Gasteiger partial charge < -0.3 is 4.57 Å². The molecule has 0 aliphatic carbocycles. The second kappa shape index (κ2) is 6.59. The molecule has 0 radical (unpaired) electrons. The molecule has 2 aromatic carbocycles. The summed E-state index contributed by atoms with van der Waals surface area (Å²) >= 11 is 0. The predicted molar refractivity (Wildman–Crippen MR) is 111 cm³/mol. The zero-order valence-electron chi connectivity index (χ0n) is 16.8. The third kappa shape index (κ3) is 2.97. The number of hydrogen-bond acceptors (Lipinski definition) is 1. The molecule has 2 heteroatoms. The van der Waals surface area contributed by atoms with Crippen LogP contribution in [0.3, 0.4) is 0 Å². The largest absolute Gasteiger partial charge is 0.344 e.